The third kappa shape index (κ3) is 3.45. The monoisotopic (exact) mass is 244 g/mol. The lowest BCUT2D eigenvalue weighted by atomic mass is 10.1. The first kappa shape index (κ1) is 12.9. The molecule has 2 N–H and O–H groups in total. The number of furan rings is 1. The summed E-state index contributed by atoms with van der Waals surface area (Å²) in [4.78, 5) is 2.29. The molecule has 1 aromatic carbocycles. The molecule has 0 fully saturated rings. The molecule has 96 valence electrons. The molecular formula is C15H20N2O. The van der Waals surface area contributed by atoms with Crippen molar-refractivity contribution >= 4 is 0 Å². The van der Waals surface area contributed by atoms with Crippen LogP contribution in [0.15, 0.2) is 47.1 Å². The summed E-state index contributed by atoms with van der Waals surface area (Å²) in [6.45, 7) is 2.38. The second-order valence-corrected chi connectivity index (χ2v) is 4.55. The van der Waals surface area contributed by atoms with Crippen LogP contribution < -0.4 is 5.73 Å². The van der Waals surface area contributed by atoms with E-state index in [4.69, 9.17) is 10.2 Å². The summed E-state index contributed by atoms with van der Waals surface area (Å²) in [6, 6.07) is 12.5. The van der Waals surface area contributed by atoms with E-state index in [2.05, 4.69) is 36.2 Å². The SMILES string of the molecule is CN(CCc1ccccc1)Cc1ccoc1CN. The average Bonchev–Trinajstić information content (AvgIpc) is 2.85. The van der Waals surface area contributed by atoms with Crippen LogP contribution in [0.2, 0.25) is 0 Å². The van der Waals surface area contributed by atoms with Crippen molar-refractivity contribution in [3.8, 4) is 0 Å². The zero-order chi connectivity index (χ0) is 12.8. The molecule has 0 bridgehead atoms. The van der Waals surface area contributed by atoms with E-state index in [-0.39, 0.29) is 0 Å². The number of likely N-dealkylation sites (N-methyl/N-ethyl adjacent to an activating group) is 1. The highest BCUT2D eigenvalue weighted by molar-refractivity contribution is 5.17. The van der Waals surface area contributed by atoms with Crippen LogP contribution in [-0.2, 0) is 19.5 Å². The molecule has 0 saturated carbocycles. The second-order valence-electron chi connectivity index (χ2n) is 4.55. The summed E-state index contributed by atoms with van der Waals surface area (Å²) in [5.74, 6) is 0.890. The fourth-order valence-corrected chi connectivity index (χ4v) is 2.02. The van der Waals surface area contributed by atoms with Gasteiger partial charge in [-0.15, -0.1) is 0 Å². The number of nitrogens with two attached hydrogens (primary N) is 1. The van der Waals surface area contributed by atoms with Crippen LogP contribution in [0.25, 0.3) is 0 Å². The molecule has 0 radical (unpaired) electrons. The zero-order valence-corrected chi connectivity index (χ0v) is 10.8. The number of nitrogens with zero attached hydrogens (tertiary/aromatic N) is 1. The first-order valence-electron chi connectivity index (χ1n) is 6.27. The summed E-state index contributed by atoms with van der Waals surface area (Å²) in [5.41, 5.74) is 8.18. The van der Waals surface area contributed by atoms with Gasteiger partial charge in [0, 0.05) is 18.7 Å². The Hall–Kier alpha value is -1.58. The predicted octanol–water partition coefficient (Wildman–Crippen LogP) is 2.41. The quantitative estimate of drug-likeness (QED) is 0.848. The lowest BCUT2D eigenvalue weighted by Gasteiger charge is -2.16. The van der Waals surface area contributed by atoms with Crippen molar-refractivity contribution in [3.63, 3.8) is 0 Å². The van der Waals surface area contributed by atoms with Crippen molar-refractivity contribution in [1.82, 2.24) is 4.90 Å². The summed E-state index contributed by atoms with van der Waals surface area (Å²) < 4.78 is 5.33. The molecule has 1 heterocycles. The molecule has 0 aliphatic carbocycles. The summed E-state index contributed by atoms with van der Waals surface area (Å²) in [5, 5.41) is 0. The molecule has 2 rings (SSSR count). The molecular weight excluding hydrogens is 224 g/mol. The van der Waals surface area contributed by atoms with Gasteiger partial charge in [0.05, 0.1) is 12.8 Å². The molecule has 0 unspecified atom stereocenters. The Morgan fingerprint density at radius 1 is 1.17 bits per heavy atom. The van der Waals surface area contributed by atoms with Crippen LogP contribution >= 0.6 is 0 Å². The third-order valence-electron chi connectivity index (χ3n) is 3.09. The van der Waals surface area contributed by atoms with Crippen molar-refractivity contribution in [2.24, 2.45) is 5.73 Å². The highest BCUT2D eigenvalue weighted by Gasteiger charge is 2.07. The van der Waals surface area contributed by atoms with E-state index in [1.807, 2.05) is 12.1 Å². The van der Waals surface area contributed by atoms with Crippen LogP contribution in [0.5, 0.6) is 0 Å². The maximum absolute atomic E-state index is 5.62. The molecule has 18 heavy (non-hydrogen) atoms. The molecule has 0 atom stereocenters. The van der Waals surface area contributed by atoms with Gasteiger partial charge in [-0.05, 0) is 25.1 Å². The van der Waals surface area contributed by atoms with Gasteiger partial charge in [-0.25, -0.2) is 0 Å². The average molecular weight is 244 g/mol. The van der Waals surface area contributed by atoms with Gasteiger partial charge in [0.1, 0.15) is 5.76 Å². The fourth-order valence-electron chi connectivity index (χ4n) is 2.02. The van der Waals surface area contributed by atoms with E-state index in [0.29, 0.717) is 6.54 Å². The molecule has 3 nitrogen and oxygen atoms in total. The molecule has 0 aliphatic rings. The van der Waals surface area contributed by atoms with Gasteiger partial charge in [0.25, 0.3) is 0 Å². The van der Waals surface area contributed by atoms with Gasteiger partial charge in [-0.1, -0.05) is 30.3 Å². The Morgan fingerprint density at radius 3 is 2.67 bits per heavy atom. The number of benzene rings is 1. The summed E-state index contributed by atoms with van der Waals surface area (Å²) in [7, 11) is 2.12. The van der Waals surface area contributed by atoms with E-state index in [1.165, 1.54) is 11.1 Å². The first-order valence-corrected chi connectivity index (χ1v) is 6.27. The molecule has 1 aromatic heterocycles. The smallest absolute Gasteiger partial charge is 0.121 e. The Kier molecular flexibility index (Phi) is 4.56. The van der Waals surface area contributed by atoms with Gasteiger partial charge in [-0.3, -0.25) is 0 Å². The zero-order valence-electron chi connectivity index (χ0n) is 10.8. The Balaban J connectivity index is 1.84. The predicted molar refractivity (Wildman–Crippen MR) is 73.1 cm³/mol. The minimum atomic E-state index is 0.467. The van der Waals surface area contributed by atoms with Crippen molar-refractivity contribution in [2.45, 2.75) is 19.5 Å². The number of hydrogen-bond donors (Lipinski definition) is 1. The lowest BCUT2D eigenvalue weighted by Crippen LogP contribution is -2.21. The van der Waals surface area contributed by atoms with Gasteiger partial charge in [-0.2, -0.15) is 0 Å². The van der Waals surface area contributed by atoms with Crippen molar-refractivity contribution < 1.29 is 4.42 Å². The highest BCUT2D eigenvalue weighted by atomic mass is 16.3. The van der Waals surface area contributed by atoms with Gasteiger partial charge in [0.15, 0.2) is 0 Å². The molecule has 0 spiro atoms. The topological polar surface area (TPSA) is 42.4 Å². The fraction of sp³-hybridized carbons (Fsp3) is 0.333. The minimum Gasteiger partial charge on any atom is -0.468 e. The normalized spacial score (nSPS) is 11.1. The van der Waals surface area contributed by atoms with E-state index in [9.17, 15) is 0 Å². The molecule has 0 amide bonds. The molecule has 0 aliphatic heterocycles. The van der Waals surface area contributed by atoms with Crippen LogP contribution in [0, 0.1) is 0 Å². The van der Waals surface area contributed by atoms with Gasteiger partial charge in [0.2, 0.25) is 0 Å². The van der Waals surface area contributed by atoms with E-state index in [0.717, 1.165) is 25.3 Å². The van der Waals surface area contributed by atoms with Crippen LogP contribution in [0.1, 0.15) is 16.9 Å². The maximum Gasteiger partial charge on any atom is 0.121 e. The van der Waals surface area contributed by atoms with E-state index < -0.39 is 0 Å². The highest BCUT2D eigenvalue weighted by Crippen LogP contribution is 2.12. The van der Waals surface area contributed by atoms with Crippen molar-refractivity contribution in [2.75, 3.05) is 13.6 Å². The Labute approximate surface area is 108 Å². The van der Waals surface area contributed by atoms with Crippen LogP contribution in [0.3, 0.4) is 0 Å². The lowest BCUT2D eigenvalue weighted by molar-refractivity contribution is 0.327. The van der Waals surface area contributed by atoms with E-state index in [1.54, 1.807) is 6.26 Å². The van der Waals surface area contributed by atoms with Gasteiger partial charge >= 0.3 is 0 Å². The Bertz CT molecular complexity index is 464. The van der Waals surface area contributed by atoms with E-state index >= 15 is 0 Å². The summed E-state index contributed by atoms with van der Waals surface area (Å²) >= 11 is 0. The largest absolute Gasteiger partial charge is 0.468 e. The number of rotatable bonds is 6. The van der Waals surface area contributed by atoms with Crippen molar-refractivity contribution in [3.05, 3.63) is 59.5 Å². The second kappa shape index (κ2) is 6.38. The summed E-state index contributed by atoms with van der Waals surface area (Å²) in [6.07, 6.45) is 2.77. The van der Waals surface area contributed by atoms with Crippen LogP contribution in [0.4, 0.5) is 0 Å². The minimum absolute atomic E-state index is 0.467. The third-order valence-corrected chi connectivity index (χ3v) is 3.09. The standard InChI is InChI=1S/C15H20N2O/c1-17(9-7-13-5-3-2-4-6-13)12-14-8-10-18-15(14)11-16/h2-6,8,10H,7,9,11-12,16H2,1H3. The maximum atomic E-state index is 5.62. The molecule has 2 aromatic rings. The van der Waals surface area contributed by atoms with Crippen molar-refractivity contribution in [1.29, 1.82) is 0 Å². The Morgan fingerprint density at radius 2 is 1.94 bits per heavy atom. The van der Waals surface area contributed by atoms with Gasteiger partial charge < -0.3 is 15.1 Å². The van der Waals surface area contributed by atoms with Crippen LogP contribution in [-0.4, -0.2) is 18.5 Å². The molecule has 3 heteroatoms. The first-order chi connectivity index (χ1) is 8.79. The number of hydrogen-bond acceptors (Lipinski definition) is 3. The molecule has 0 saturated heterocycles.